The number of nitro groups is 1. The summed E-state index contributed by atoms with van der Waals surface area (Å²) in [4.78, 5) is 14.9. The number of nitrogens with one attached hydrogen (secondary N) is 1. The average molecular weight is 277 g/mol. The van der Waals surface area contributed by atoms with Gasteiger partial charge in [0.2, 0.25) is 0 Å². The molecular formula is C13H15N3O2S. The van der Waals surface area contributed by atoms with Crippen LogP contribution < -0.4 is 5.32 Å². The van der Waals surface area contributed by atoms with Crippen LogP contribution in [-0.2, 0) is 0 Å². The molecule has 0 radical (unpaired) electrons. The molecule has 1 aromatic heterocycles. The third-order valence-electron chi connectivity index (χ3n) is 2.93. The highest BCUT2D eigenvalue weighted by atomic mass is 32.2. The maximum absolute atomic E-state index is 11.0. The first-order valence-corrected chi connectivity index (χ1v) is 7.21. The summed E-state index contributed by atoms with van der Waals surface area (Å²) in [5.41, 5.74) is 1.57. The largest absolute Gasteiger partial charge is 0.382 e. The number of hydrogen-bond donors (Lipinski definition) is 1. The maximum Gasteiger partial charge on any atom is 0.278 e. The molecule has 0 saturated heterocycles. The van der Waals surface area contributed by atoms with E-state index >= 15 is 0 Å². The molecule has 1 heterocycles. The molecular weight excluding hydrogens is 262 g/mol. The molecule has 0 amide bonds. The molecule has 0 fully saturated rings. The Morgan fingerprint density at radius 2 is 2.26 bits per heavy atom. The van der Waals surface area contributed by atoms with Crippen LogP contribution in [0.4, 0.5) is 11.4 Å². The molecule has 100 valence electrons. The van der Waals surface area contributed by atoms with Gasteiger partial charge in [-0.1, -0.05) is 6.92 Å². The van der Waals surface area contributed by atoms with Crippen molar-refractivity contribution in [3.63, 3.8) is 0 Å². The van der Waals surface area contributed by atoms with Crippen LogP contribution in [0.5, 0.6) is 0 Å². The van der Waals surface area contributed by atoms with Crippen molar-refractivity contribution >= 4 is 34.0 Å². The number of thioether (sulfide) groups is 1. The molecule has 2 rings (SSSR count). The smallest absolute Gasteiger partial charge is 0.278 e. The lowest BCUT2D eigenvalue weighted by Crippen LogP contribution is -2.13. The fourth-order valence-corrected chi connectivity index (χ4v) is 2.05. The van der Waals surface area contributed by atoms with Gasteiger partial charge in [-0.05, 0) is 24.5 Å². The predicted octanol–water partition coefficient (Wildman–Crippen LogP) is 3.31. The van der Waals surface area contributed by atoms with Gasteiger partial charge in [-0.2, -0.15) is 11.8 Å². The lowest BCUT2D eigenvalue weighted by atomic mass is 10.1. The zero-order chi connectivity index (χ0) is 13.8. The zero-order valence-corrected chi connectivity index (χ0v) is 11.6. The van der Waals surface area contributed by atoms with Crippen molar-refractivity contribution in [2.45, 2.75) is 12.2 Å². The number of rotatable bonds is 5. The van der Waals surface area contributed by atoms with Gasteiger partial charge in [0.25, 0.3) is 5.69 Å². The van der Waals surface area contributed by atoms with Gasteiger partial charge < -0.3 is 5.32 Å². The minimum atomic E-state index is -0.377. The number of benzene rings is 1. The first-order valence-electron chi connectivity index (χ1n) is 5.92. The van der Waals surface area contributed by atoms with Crippen LogP contribution in [0.1, 0.15) is 6.92 Å². The standard InChI is InChI=1S/C13H15N3O2S/c1-9(19-2)8-15-11-5-6-12(16(17)18)10-4-3-7-14-13(10)11/h3-7,9,15H,8H2,1-2H3. The van der Waals surface area contributed by atoms with Crippen molar-refractivity contribution in [3.8, 4) is 0 Å². The van der Waals surface area contributed by atoms with Crippen molar-refractivity contribution in [1.29, 1.82) is 0 Å². The summed E-state index contributed by atoms with van der Waals surface area (Å²) in [7, 11) is 0. The van der Waals surface area contributed by atoms with E-state index in [2.05, 4.69) is 23.5 Å². The van der Waals surface area contributed by atoms with E-state index < -0.39 is 0 Å². The van der Waals surface area contributed by atoms with Crippen LogP contribution in [0, 0.1) is 10.1 Å². The minimum absolute atomic E-state index is 0.0894. The number of anilines is 1. The zero-order valence-electron chi connectivity index (χ0n) is 10.8. The highest BCUT2D eigenvalue weighted by Gasteiger charge is 2.14. The quantitative estimate of drug-likeness (QED) is 0.670. The van der Waals surface area contributed by atoms with Crippen LogP contribution in [0.25, 0.3) is 10.9 Å². The van der Waals surface area contributed by atoms with Crippen LogP contribution >= 0.6 is 11.8 Å². The Labute approximate surface area is 115 Å². The minimum Gasteiger partial charge on any atom is -0.382 e. The Hall–Kier alpha value is -1.82. The molecule has 1 unspecified atom stereocenters. The Morgan fingerprint density at radius 1 is 1.47 bits per heavy atom. The van der Waals surface area contributed by atoms with Crippen LogP contribution in [-0.4, -0.2) is 28.0 Å². The second-order valence-electron chi connectivity index (χ2n) is 4.22. The molecule has 0 bridgehead atoms. The molecule has 2 aromatic rings. The second kappa shape index (κ2) is 5.88. The van der Waals surface area contributed by atoms with Gasteiger partial charge in [-0.15, -0.1) is 0 Å². The summed E-state index contributed by atoms with van der Waals surface area (Å²) in [5.74, 6) is 0. The van der Waals surface area contributed by atoms with Crippen molar-refractivity contribution in [3.05, 3.63) is 40.6 Å². The third-order valence-corrected chi connectivity index (χ3v) is 3.90. The van der Waals surface area contributed by atoms with Gasteiger partial charge in [-0.25, -0.2) is 0 Å². The van der Waals surface area contributed by atoms with Gasteiger partial charge in [0.15, 0.2) is 0 Å². The normalized spacial score (nSPS) is 12.3. The predicted molar refractivity (Wildman–Crippen MR) is 79.9 cm³/mol. The molecule has 0 aliphatic heterocycles. The molecule has 19 heavy (non-hydrogen) atoms. The maximum atomic E-state index is 11.0. The average Bonchev–Trinajstić information content (AvgIpc) is 2.43. The summed E-state index contributed by atoms with van der Waals surface area (Å²) < 4.78 is 0. The summed E-state index contributed by atoms with van der Waals surface area (Å²) in [6.07, 6.45) is 3.70. The lowest BCUT2D eigenvalue weighted by Gasteiger charge is -2.12. The summed E-state index contributed by atoms with van der Waals surface area (Å²) in [6, 6.07) is 6.68. The van der Waals surface area contributed by atoms with Crippen molar-refractivity contribution in [2.24, 2.45) is 0 Å². The molecule has 0 aliphatic carbocycles. The van der Waals surface area contributed by atoms with Gasteiger partial charge >= 0.3 is 0 Å². The number of aromatic nitrogens is 1. The number of non-ortho nitro benzene ring substituents is 1. The summed E-state index contributed by atoms with van der Waals surface area (Å²) in [5, 5.41) is 15.3. The van der Waals surface area contributed by atoms with Crippen LogP contribution in [0.2, 0.25) is 0 Å². The first kappa shape index (κ1) is 13.6. The first-order chi connectivity index (χ1) is 9.13. The summed E-state index contributed by atoms with van der Waals surface area (Å²) in [6.45, 7) is 2.92. The molecule has 1 aromatic carbocycles. The fourth-order valence-electron chi connectivity index (χ4n) is 1.80. The molecule has 0 spiro atoms. The molecule has 1 N–H and O–H groups in total. The van der Waals surface area contributed by atoms with Gasteiger partial charge in [-0.3, -0.25) is 15.1 Å². The molecule has 5 nitrogen and oxygen atoms in total. The SMILES string of the molecule is CSC(C)CNc1ccc([N+](=O)[O-])c2cccnc12. The number of fused-ring (bicyclic) bond motifs is 1. The van der Waals surface area contributed by atoms with Crippen LogP contribution in [0.15, 0.2) is 30.5 Å². The molecule has 0 aliphatic rings. The molecule has 1 atom stereocenters. The Bertz CT molecular complexity index is 603. The van der Waals surface area contributed by atoms with Gasteiger partial charge in [0, 0.05) is 24.1 Å². The van der Waals surface area contributed by atoms with E-state index in [4.69, 9.17) is 0 Å². The summed E-state index contributed by atoms with van der Waals surface area (Å²) >= 11 is 1.77. The second-order valence-corrected chi connectivity index (χ2v) is 5.49. The third kappa shape index (κ3) is 2.96. The Balaban J connectivity index is 2.41. The Morgan fingerprint density at radius 3 is 2.95 bits per heavy atom. The van der Waals surface area contributed by atoms with Crippen molar-refractivity contribution < 1.29 is 4.92 Å². The van der Waals surface area contributed by atoms with E-state index in [1.165, 1.54) is 6.07 Å². The van der Waals surface area contributed by atoms with E-state index in [1.807, 2.05) is 0 Å². The highest BCUT2D eigenvalue weighted by molar-refractivity contribution is 7.99. The highest BCUT2D eigenvalue weighted by Crippen LogP contribution is 2.29. The van der Waals surface area contributed by atoms with Crippen molar-refractivity contribution in [1.82, 2.24) is 4.98 Å². The number of pyridine rings is 1. The van der Waals surface area contributed by atoms with E-state index in [1.54, 1.807) is 36.2 Å². The number of nitrogens with zero attached hydrogens (tertiary/aromatic N) is 2. The van der Waals surface area contributed by atoms with E-state index in [0.29, 0.717) is 16.2 Å². The van der Waals surface area contributed by atoms with Crippen LogP contribution in [0.3, 0.4) is 0 Å². The topological polar surface area (TPSA) is 68.1 Å². The van der Waals surface area contributed by atoms with Gasteiger partial charge in [0.05, 0.1) is 16.0 Å². The van der Waals surface area contributed by atoms with E-state index in [9.17, 15) is 10.1 Å². The number of hydrogen-bond acceptors (Lipinski definition) is 5. The monoisotopic (exact) mass is 277 g/mol. The lowest BCUT2D eigenvalue weighted by molar-refractivity contribution is -0.383. The fraction of sp³-hybridized carbons (Fsp3) is 0.308. The van der Waals surface area contributed by atoms with E-state index in [0.717, 1.165) is 12.2 Å². The molecule has 6 heteroatoms. The van der Waals surface area contributed by atoms with Gasteiger partial charge in [0.1, 0.15) is 5.52 Å². The van der Waals surface area contributed by atoms with Crippen molar-refractivity contribution in [2.75, 3.05) is 18.1 Å². The molecule has 0 saturated carbocycles. The number of nitro benzene ring substituents is 1. The Kier molecular flexibility index (Phi) is 4.21. The van der Waals surface area contributed by atoms with E-state index in [-0.39, 0.29) is 10.6 Å².